The standard InChI is InChI=1S/C24H32N4O6S/c1-3-5-6-7-14-25-22(29)18-8-11-20(12-9-18)35(32,33)28-23(30)19-10-13-21(27-17-19)24(31)26-15-16-34-4-2/h8-13,17H,3-7,14-16H2,1-2H3,(H,25,29)(H,26,31)(H,28,30). The number of hydrogen-bond donors (Lipinski definition) is 3. The lowest BCUT2D eigenvalue weighted by atomic mass is 10.2. The normalized spacial score (nSPS) is 11.0. The van der Waals surface area contributed by atoms with Gasteiger partial charge in [-0.1, -0.05) is 26.2 Å². The molecule has 0 spiro atoms. The van der Waals surface area contributed by atoms with Crippen LogP contribution in [0.3, 0.4) is 0 Å². The van der Waals surface area contributed by atoms with Crippen LogP contribution in [0, 0.1) is 0 Å². The average Bonchev–Trinajstić information content (AvgIpc) is 2.86. The Bertz CT molecular complexity index is 1090. The molecule has 190 valence electrons. The highest BCUT2D eigenvalue weighted by Gasteiger charge is 2.20. The lowest BCUT2D eigenvalue weighted by Gasteiger charge is -2.09. The monoisotopic (exact) mass is 504 g/mol. The summed E-state index contributed by atoms with van der Waals surface area (Å²) in [4.78, 5) is 40.4. The van der Waals surface area contributed by atoms with Crippen LogP contribution in [0.25, 0.3) is 0 Å². The summed E-state index contributed by atoms with van der Waals surface area (Å²) in [5.41, 5.74) is 0.378. The molecule has 2 aromatic rings. The Morgan fingerprint density at radius 2 is 1.51 bits per heavy atom. The first-order chi connectivity index (χ1) is 16.8. The second kappa shape index (κ2) is 14.2. The number of nitrogens with one attached hydrogen (secondary N) is 3. The number of ether oxygens (including phenoxy) is 1. The van der Waals surface area contributed by atoms with Gasteiger partial charge in [0.05, 0.1) is 17.1 Å². The van der Waals surface area contributed by atoms with Crippen LogP contribution in [-0.4, -0.2) is 57.4 Å². The third-order valence-corrected chi connectivity index (χ3v) is 6.31. The van der Waals surface area contributed by atoms with Crippen LogP contribution in [0.15, 0.2) is 47.5 Å². The molecule has 0 fully saturated rings. The molecule has 0 unspecified atom stereocenters. The van der Waals surface area contributed by atoms with Crippen molar-refractivity contribution in [2.24, 2.45) is 0 Å². The van der Waals surface area contributed by atoms with E-state index in [1.807, 2.05) is 11.6 Å². The molecule has 0 saturated carbocycles. The number of aromatic nitrogens is 1. The maximum Gasteiger partial charge on any atom is 0.269 e. The van der Waals surface area contributed by atoms with Crippen molar-refractivity contribution in [2.75, 3.05) is 26.3 Å². The Labute approximate surface area is 205 Å². The molecule has 0 aliphatic heterocycles. The van der Waals surface area contributed by atoms with Gasteiger partial charge in [-0.05, 0) is 49.7 Å². The van der Waals surface area contributed by atoms with Gasteiger partial charge in [0, 0.05) is 31.5 Å². The summed E-state index contributed by atoms with van der Waals surface area (Å²) in [7, 11) is -4.17. The Morgan fingerprint density at radius 3 is 2.14 bits per heavy atom. The van der Waals surface area contributed by atoms with Gasteiger partial charge in [-0.15, -0.1) is 0 Å². The van der Waals surface area contributed by atoms with E-state index in [0.717, 1.165) is 31.9 Å². The Kier molecular flexibility index (Phi) is 11.3. The number of nitrogens with zero attached hydrogens (tertiary/aromatic N) is 1. The summed E-state index contributed by atoms with van der Waals surface area (Å²) < 4.78 is 32.3. The van der Waals surface area contributed by atoms with E-state index in [1.54, 1.807) is 0 Å². The second-order valence-corrected chi connectivity index (χ2v) is 9.34. The zero-order valence-electron chi connectivity index (χ0n) is 20.0. The van der Waals surface area contributed by atoms with E-state index in [-0.39, 0.29) is 22.1 Å². The van der Waals surface area contributed by atoms with Gasteiger partial charge in [-0.3, -0.25) is 19.4 Å². The first kappa shape index (κ1) is 27.9. The molecule has 10 nitrogen and oxygen atoms in total. The predicted molar refractivity (Wildman–Crippen MR) is 131 cm³/mol. The molecule has 0 saturated heterocycles. The molecule has 3 amide bonds. The molecule has 0 aliphatic carbocycles. The molecule has 11 heteroatoms. The maximum absolute atomic E-state index is 12.6. The van der Waals surface area contributed by atoms with Crippen molar-refractivity contribution in [3.63, 3.8) is 0 Å². The van der Waals surface area contributed by atoms with Crippen molar-refractivity contribution >= 4 is 27.7 Å². The molecule has 35 heavy (non-hydrogen) atoms. The molecule has 2 rings (SSSR count). The fourth-order valence-corrected chi connectivity index (χ4v) is 3.99. The third-order valence-electron chi connectivity index (χ3n) is 4.96. The summed E-state index contributed by atoms with van der Waals surface area (Å²) in [6.07, 6.45) is 5.25. The number of unbranched alkanes of at least 4 members (excludes halogenated alkanes) is 3. The largest absolute Gasteiger partial charge is 0.380 e. The van der Waals surface area contributed by atoms with Crippen LogP contribution >= 0.6 is 0 Å². The number of rotatable bonds is 14. The zero-order valence-corrected chi connectivity index (χ0v) is 20.8. The molecule has 0 radical (unpaired) electrons. The lowest BCUT2D eigenvalue weighted by Crippen LogP contribution is -2.31. The summed E-state index contributed by atoms with van der Waals surface area (Å²) in [5.74, 6) is -1.62. The Balaban J connectivity index is 1.93. The highest BCUT2D eigenvalue weighted by Crippen LogP contribution is 2.12. The third kappa shape index (κ3) is 9.10. The van der Waals surface area contributed by atoms with Gasteiger partial charge in [0.1, 0.15) is 5.69 Å². The summed E-state index contributed by atoms with van der Waals surface area (Å²) in [6.45, 7) is 5.73. The van der Waals surface area contributed by atoms with Crippen molar-refractivity contribution in [3.05, 3.63) is 59.4 Å². The van der Waals surface area contributed by atoms with Gasteiger partial charge in [0.25, 0.3) is 27.7 Å². The van der Waals surface area contributed by atoms with E-state index in [2.05, 4.69) is 22.5 Å². The predicted octanol–water partition coefficient (Wildman–Crippen LogP) is 2.28. The Hall–Kier alpha value is -3.31. The van der Waals surface area contributed by atoms with Gasteiger partial charge >= 0.3 is 0 Å². The van der Waals surface area contributed by atoms with E-state index in [9.17, 15) is 22.8 Å². The minimum Gasteiger partial charge on any atom is -0.380 e. The van der Waals surface area contributed by atoms with Crippen LogP contribution in [0.2, 0.25) is 0 Å². The Morgan fingerprint density at radius 1 is 0.829 bits per heavy atom. The van der Waals surface area contributed by atoms with Crippen molar-refractivity contribution < 1.29 is 27.5 Å². The number of benzene rings is 1. The molecule has 1 aromatic heterocycles. The number of amides is 3. The molecule has 0 bridgehead atoms. The highest BCUT2D eigenvalue weighted by molar-refractivity contribution is 7.90. The van der Waals surface area contributed by atoms with Gasteiger partial charge < -0.3 is 15.4 Å². The van der Waals surface area contributed by atoms with Gasteiger partial charge in [-0.25, -0.2) is 13.1 Å². The van der Waals surface area contributed by atoms with E-state index in [0.29, 0.717) is 31.9 Å². The molecular weight excluding hydrogens is 472 g/mol. The van der Waals surface area contributed by atoms with Crippen molar-refractivity contribution in [1.82, 2.24) is 20.3 Å². The number of sulfonamides is 1. The summed E-state index contributed by atoms with van der Waals surface area (Å²) in [5, 5.41) is 5.42. The van der Waals surface area contributed by atoms with Crippen LogP contribution in [0.4, 0.5) is 0 Å². The van der Waals surface area contributed by atoms with Crippen LogP contribution < -0.4 is 15.4 Å². The van der Waals surface area contributed by atoms with Crippen molar-refractivity contribution in [2.45, 2.75) is 44.4 Å². The molecular formula is C24H32N4O6S. The van der Waals surface area contributed by atoms with Crippen LogP contribution in [0.5, 0.6) is 0 Å². The summed E-state index contributed by atoms with van der Waals surface area (Å²) >= 11 is 0. The minimum absolute atomic E-state index is 0.0292. The molecule has 1 heterocycles. The molecule has 0 atom stereocenters. The quantitative estimate of drug-likeness (QED) is 0.335. The van der Waals surface area contributed by atoms with Gasteiger partial charge in [0.2, 0.25) is 0 Å². The maximum atomic E-state index is 12.6. The van der Waals surface area contributed by atoms with Crippen LogP contribution in [0.1, 0.15) is 70.7 Å². The van der Waals surface area contributed by atoms with E-state index in [4.69, 9.17) is 4.74 Å². The highest BCUT2D eigenvalue weighted by atomic mass is 32.2. The fraction of sp³-hybridized carbons (Fsp3) is 0.417. The molecule has 1 aromatic carbocycles. The fourth-order valence-electron chi connectivity index (χ4n) is 3.02. The van der Waals surface area contributed by atoms with Crippen molar-refractivity contribution in [3.8, 4) is 0 Å². The van der Waals surface area contributed by atoms with Crippen molar-refractivity contribution in [1.29, 1.82) is 0 Å². The topological polar surface area (TPSA) is 144 Å². The van der Waals surface area contributed by atoms with E-state index in [1.165, 1.54) is 36.4 Å². The van der Waals surface area contributed by atoms with E-state index < -0.39 is 21.8 Å². The number of hydrogen-bond acceptors (Lipinski definition) is 7. The first-order valence-corrected chi connectivity index (χ1v) is 13.0. The first-order valence-electron chi connectivity index (χ1n) is 11.6. The van der Waals surface area contributed by atoms with Crippen LogP contribution in [-0.2, 0) is 14.8 Å². The molecule has 0 aliphatic rings. The van der Waals surface area contributed by atoms with E-state index >= 15 is 0 Å². The summed E-state index contributed by atoms with van der Waals surface area (Å²) in [6, 6.07) is 7.93. The SMILES string of the molecule is CCCCCCNC(=O)c1ccc(S(=O)(=O)NC(=O)c2ccc(C(=O)NCCOCC)nc2)cc1. The number of pyridine rings is 1. The second-order valence-electron chi connectivity index (χ2n) is 7.66. The number of carbonyl (C=O) groups excluding carboxylic acids is 3. The zero-order chi connectivity index (χ0) is 25.7. The van der Waals surface area contributed by atoms with Gasteiger partial charge in [0.15, 0.2) is 0 Å². The smallest absolute Gasteiger partial charge is 0.269 e. The lowest BCUT2D eigenvalue weighted by molar-refractivity contribution is 0.0914. The average molecular weight is 505 g/mol. The minimum atomic E-state index is -4.17. The molecule has 3 N–H and O–H groups in total. The van der Waals surface area contributed by atoms with Gasteiger partial charge in [-0.2, -0.15) is 0 Å². The number of carbonyl (C=O) groups is 3.